The van der Waals surface area contributed by atoms with Gasteiger partial charge in [-0.05, 0) is 31.4 Å². The molecule has 2 heterocycles. The molecule has 2 N–H and O–H groups in total. The molecule has 102 valence electrons. The maximum absolute atomic E-state index is 12.3. The van der Waals surface area contributed by atoms with Crippen LogP contribution in [0.5, 0.6) is 0 Å². The average molecular weight is 267 g/mol. The van der Waals surface area contributed by atoms with Gasteiger partial charge in [0.25, 0.3) is 5.56 Å². The second kappa shape index (κ2) is 4.28. The van der Waals surface area contributed by atoms with E-state index in [-0.39, 0.29) is 11.0 Å². The van der Waals surface area contributed by atoms with Crippen LogP contribution in [0.25, 0.3) is 0 Å². The number of rotatable bonds is 2. The molecule has 1 aromatic heterocycles. The Bertz CT molecular complexity index is 701. The van der Waals surface area contributed by atoms with Crippen molar-refractivity contribution in [3.63, 3.8) is 0 Å². The van der Waals surface area contributed by atoms with Gasteiger partial charge in [-0.25, -0.2) is 4.98 Å². The molecule has 4 nitrogen and oxygen atoms in total. The van der Waals surface area contributed by atoms with Gasteiger partial charge in [0.1, 0.15) is 5.82 Å². The summed E-state index contributed by atoms with van der Waals surface area (Å²) in [6.45, 7) is 1.57. The van der Waals surface area contributed by atoms with Crippen LogP contribution in [0.15, 0.2) is 35.1 Å². The SMILES string of the molecule is O=c1[nH]c(C2(c3ccccc3)CC2)nc2c1CCNC2. The van der Waals surface area contributed by atoms with Crippen LogP contribution < -0.4 is 10.9 Å². The van der Waals surface area contributed by atoms with Crippen LogP contribution in [0.4, 0.5) is 0 Å². The molecule has 4 heteroatoms. The fourth-order valence-corrected chi connectivity index (χ4v) is 3.14. The summed E-state index contributed by atoms with van der Waals surface area (Å²) in [6, 6.07) is 10.4. The predicted molar refractivity (Wildman–Crippen MR) is 76.7 cm³/mol. The van der Waals surface area contributed by atoms with Crippen LogP contribution >= 0.6 is 0 Å². The van der Waals surface area contributed by atoms with E-state index in [0.29, 0.717) is 6.54 Å². The largest absolute Gasteiger partial charge is 0.311 e. The van der Waals surface area contributed by atoms with Crippen molar-refractivity contribution in [3.05, 3.63) is 63.3 Å². The zero-order valence-corrected chi connectivity index (χ0v) is 11.3. The number of aromatic nitrogens is 2. The van der Waals surface area contributed by atoms with Gasteiger partial charge in [0.05, 0.1) is 11.1 Å². The zero-order chi connectivity index (χ0) is 13.6. The summed E-state index contributed by atoms with van der Waals surface area (Å²) in [6.07, 6.45) is 2.90. The molecule has 0 bridgehead atoms. The van der Waals surface area contributed by atoms with Crippen molar-refractivity contribution in [2.24, 2.45) is 0 Å². The third kappa shape index (κ3) is 1.72. The Morgan fingerprint density at radius 1 is 1.15 bits per heavy atom. The molecular weight excluding hydrogens is 250 g/mol. The van der Waals surface area contributed by atoms with Gasteiger partial charge in [-0.3, -0.25) is 4.79 Å². The molecule has 1 aromatic carbocycles. The number of fused-ring (bicyclic) bond motifs is 1. The molecule has 0 amide bonds. The van der Waals surface area contributed by atoms with Gasteiger partial charge in [-0.2, -0.15) is 0 Å². The Labute approximate surface area is 117 Å². The van der Waals surface area contributed by atoms with E-state index >= 15 is 0 Å². The topological polar surface area (TPSA) is 57.8 Å². The maximum Gasteiger partial charge on any atom is 0.254 e. The first-order chi connectivity index (χ1) is 9.79. The lowest BCUT2D eigenvalue weighted by molar-refractivity contribution is 0.602. The van der Waals surface area contributed by atoms with Gasteiger partial charge >= 0.3 is 0 Å². The number of benzene rings is 1. The van der Waals surface area contributed by atoms with Crippen LogP contribution in [-0.4, -0.2) is 16.5 Å². The van der Waals surface area contributed by atoms with Crippen molar-refractivity contribution < 1.29 is 0 Å². The molecule has 1 saturated carbocycles. The van der Waals surface area contributed by atoms with Crippen molar-refractivity contribution in [1.29, 1.82) is 0 Å². The Morgan fingerprint density at radius 2 is 1.95 bits per heavy atom. The number of nitrogens with one attached hydrogen (secondary N) is 2. The Hall–Kier alpha value is -1.94. The summed E-state index contributed by atoms with van der Waals surface area (Å²) in [5, 5.41) is 3.29. The van der Waals surface area contributed by atoms with E-state index < -0.39 is 0 Å². The molecular formula is C16H17N3O. The third-order valence-electron chi connectivity index (χ3n) is 4.48. The smallest absolute Gasteiger partial charge is 0.254 e. The highest BCUT2D eigenvalue weighted by Crippen LogP contribution is 2.51. The number of hydrogen-bond acceptors (Lipinski definition) is 3. The van der Waals surface area contributed by atoms with E-state index in [0.717, 1.165) is 42.9 Å². The summed E-state index contributed by atoms with van der Waals surface area (Å²) >= 11 is 0. The molecule has 1 fully saturated rings. The van der Waals surface area contributed by atoms with Crippen LogP contribution in [0.2, 0.25) is 0 Å². The normalized spacial score (nSPS) is 19.4. The summed E-state index contributed by atoms with van der Waals surface area (Å²) in [5.74, 6) is 0.844. The molecule has 0 spiro atoms. The molecule has 2 aromatic rings. The average Bonchev–Trinajstić information content (AvgIpc) is 3.30. The minimum Gasteiger partial charge on any atom is -0.311 e. The van der Waals surface area contributed by atoms with Crippen molar-refractivity contribution >= 4 is 0 Å². The first-order valence-electron chi connectivity index (χ1n) is 7.18. The van der Waals surface area contributed by atoms with E-state index in [9.17, 15) is 4.79 Å². The molecule has 0 unspecified atom stereocenters. The molecule has 0 radical (unpaired) electrons. The lowest BCUT2D eigenvalue weighted by Crippen LogP contribution is -2.33. The highest BCUT2D eigenvalue weighted by atomic mass is 16.1. The summed E-state index contributed by atoms with van der Waals surface area (Å²) in [7, 11) is 0. The standard InChI is InChI=1S/C16H17N3O/c20-14-12-6-9-17-10-13(12)18-15(19-14)16(7-8-16)11-4-2-1-3-5-11/h1-5,17H,6-10H2,(H,18,19,20). The van der Waals surface area contributed by atoms with Crippen LogP contribution in [0, 0.1) is 0 Å². The minimum absolute atomic E-state index is 0.0497. The van der Waals surface area contributed by atoms with Gasteiger partial charge in [0, 0.05) is 12.1 Å². The highest BCUT2D eigenvalue weighted by molar-refractivity contribution is 5.40. The van der Waals surface area contributed by atoms with Gasteiger partial charge in [0.2, 0.25) is 0 Å². The summed E-state index contributed by atoms with van der Waals surface area (Å²) < 4.78 is 0. The van der Waals surface area contributed by atoms with Crippen LogP contribution in [0.3, 0.4) is 0 Å². The molecule has 20 heavy (non-hydrogen) atoms. The molecule has 1 aliphatic heterocycles. The Kier molecular flexibility index (Phi) is 2.54. The Balaban J connectivity index is 1.84. The van der Waals surface area contributed by atoms with E-state index in [1.54, 1.807) is 0 Å². The molecule has 0 atom stereocenters. The molecule has 1 aliphatic carbocycles. The van der Waals surface area contributed by atoms with E-state index in [1.807, 2.05) is 18.2 Å². The van der Waals surface area contributed by atoms with E-state index in [4.69, 9.17) is 4.98 Å². The van der Waals surface area contributed by atoms with Crippen LogP contribution in [0.1, 0.15) is 35.5 Å². The van der Waals surface area contributed by atoms with E-state index in [1.165, 1.54) is 5.56 Å². The lowest BCUT2D eigenvalue weighted by Gasteiger charge is -2.20. The zero-order valence-electron chi connectivity index (χ0n) is 11.3. The number of nitrogens with zero attached hydrogens (tertiary/aromatic N) is 1. The van der Waals surface area contributed by atoms with Gasteiger partial charge < -0.3 is 10.3 Å². The lowest BCUT2D eigenvalue weighted by atomic mass is 9.94. The van der Waals surface area contributed by atoms with Gasteiger partial charge in [-0.15, -0.1) is 0 Å². The predicted octanol–water partition coefficient (Wildman–Crippen LogP) is 1.50. The summed E-state index contributed by atoms with van der Waals surface area (Å²) in [4.78, 5) is 20.1. The summed E-state index contributed by atoms with van der Waals surface area (Å²) in [5.41, 5.74) is 3.03. The van der Waals surface area contributed by atoms with E-state index in [2.05, 4.69) is 22.4 Å². The van der Waals surface area contributed by atoms with Gasteiger partial charge in [0.15, 0.2) is 0 Å². The number of H-pyrrole nitrogens is 1. The van der Waals surface area contributed by atoms with Crippen molar-refractivity contribution in [3.8, 4) is 0 Å². The second-order valence-electron chi connectivity index (χ2n) is 5.71. The minimum atomic E-state index is -0.0626. The van der Waals surface area contributed by atoms with Crippen LogP contribution in [-0.2, 0) is 18.4 Å². The first-order valence-corrected chi connectivity index (χ1v) is 7.18. The van der Waals surface area contributed by atoms with Crippen molar-refractivity contribution in [2.45, 2.75) is 31.2 Å². The fraction of sp³-hybridized carbons (Fsp3) is 0.375. The second-order valence-corrected chi connectivity index (χ2v) is 5.71. The van der Waals surface area contributed by atoms with Crippen molar-refractivity contribution in [1.82, 2.24) is 15.3 Å². The molecule has 4 rings (SSSR count). The maximum atomic E-state index is 12.3. The first kappa shape index (κ1) is 11.9. The number of hydrogen-bond donors (Lipinski definition) is 2. The third-order valence-corrected chi connectivity index (χ3v) is 4.48. The Morgan fingerprint density at radius 3 is 2.70 bits per heavy atom. The monoisotopic (exact) mass is 267 g/mol. The van der Waals surface area contributed by atoms with Gasteiger partial charge in [-0.1, -0.05) is 30.3 Å². The molecule has 2 aliphatic rings. The number of aromatic amines is 1. The molecule has 0 saturated heterocycles. The fourth-order valence-electron chi connectivity index (χ4n) is 3.14. The highest BCUT2D eigenvalue weighted by Gasteiger charge is 2.48. The quantitative estimate of drug-likeness (QED) is 0.867. The van der Waals surface area contributed by atoms with Crippen molar-refractivity contribution in [2.75, 3.05) is 6.54 Å².